The van der Waals surface area contributed by atoms with Crippen molar-refractivity contribution < 1.29 is 4.74 Å². The summed E-state index contributed by atoms with van der Waals surface area (Å²) in [6.07, 6.45) is 1.08. The molecule has 0 atom stereocenters. The van der Waals surface area contributed by atoms with E-state index < -0.39 is 0 Å². The van der Waals surface area contributed by atoms with E-state index in [1.807, 2.05) is 42.5 Å². The van der Waals surface area contributed by atoms with Crippen LogP contribution in [0, 0.1) is 0 Å². The molecule has 0 radical (unpaired) electrons. The van der Waals surface area contributed by atoms with Crippen LogP contribution in [-0.2, 0) is 0 Å². The van der Waals surface area contributed by atoms with Gasteiger partial charge in [-0.05, 0) is 42.8 Å². The number of nitrogens with two attached hydrogens (primary N) is 1. The Balaban J connectivity index is 1.94. The third-order valence-corrected chi connectivity index (χ3v) is 3.74. The van der Waals surface area contributed by atoms with Crippen molar-refractivity contribution in [3.05, 3.63) is 53.0 Å². The molecule has 0 saturated carbocycles. The van der Waals surface area contributed by atoms with Crippen LogP contribution in [0.25, 0.3) is 0 Å². The van der Waals surface area contributed by atoms with Crippen molar-refractivity contribution in [1.29, 1.82) is 0 Å². The Kier molecular flexibility index (Phi) is 5.93. The van der Waals surface area contributed by atoms with Gasteiger partial charge in [0.15, 0.2) is 0 Å². The molecule has 0 aliphatic rings. The molecule has 0 amide bonds. The van der Waals surface area contributed by atoms with E-state index in [4.69, 9.17) is 10.5 Å². The van der Waals surface area contributed by atoms with Crippen molar-refractivity contribution >= 4 is 27.3 Å². The molecule has 2 aromatic carbocycles. The molecular formula is C17H21BrN2O. The zero-order valence-corrected chi connectivity index (χ0v) is 13.8. The lowest BCUT2D eigenvalue weighted by Gasteiger charge is -2.25. The number of nitrogen functional groups attached to an aromatic ring is 1. The molecule has 4 heteroatoms. The lowest BCUT2D eigenvalue weighted by Crippen LogP contribution is -2.29. The fourth-order valence-corrected chi connectivity index (χ4v) is 2.47. The second-order valence-corrected chi connectivity index (χ2v) is 5.76. The average molecular weight is 349 g/mol. The minimum absolute atomic E-state index is 0.635. The van der Waals surface area contributed by atoms with Crippen LogP contribution in [-0.4, -0.2) is 19.7 Å². The molecule has 0 aliphatic heterocycles. The topological polar surface area (TPSA) is 38.5 Å². The van der Waals surface area contributed by atoms with Gasteiger partial charge in [0.1, 0.15) is 12.4 Å². The minimum Gasteiger partial charge on any atom is -0.492 e. The van der Waals surface area contributed by atoms with E-state index in [0.29, 0.717) is 6.61 Å². The Morgan fingerprint density at radius 3 is 2.43 bits per heavy atom. The van der Waals surface area contributed by atoms with Gasteiger partial charge in [0, 0.05) is 11.0 Å². The SMILES string of the molecule is CCCN(CCOc1ccc(Br)cc1)c1ccccc1N. The molecular weight excluding hydrogens is 328 g/mol. The van der Waals surface area contributed by atoms with E-state index in [9.17, 15) is 0 Å². The second-order valence-electron chi connectivity index (χ2n) is 4.85. The summed E-state index contributed by atoms with van der Waals surface area (Å²) in [6, 6.07) is 15.9. The van der Waals surface area contributed by atoms with E-state index >= 15 is 0 Å². The molecule has 0 fully saturated rings. The predicted molar refractivity (Wildman–Crippen MR) is 93.0 cm³/mol. The molecule has 0 aromatic heterocycles. The molecule has 2 aromatic rings. The summed E-state index contributed by atoms with van der Waals surface area (Å²) in [5.74, 6) is 0.885. The van der Waals surface area contributed by atoms with Gasteiger partial charge in [0.25, 0.3) is 0 Å². The van der Waals surface area contributed by atoms with Crippen molar-refractivity contribution in [2.75, 3.05) is 30.3 Å². The number of hydrogen-bond acceptors (Lipinski definition) is 3. The third-order valence-electron chi connectivity index (χ3n) is 3.21. The number of rotatable bonds is 7. The first-order valence-electron chi connectivity index (χ1n) is 7.18. The Labute approximate surface area is 134 Å². The molecule has 0 aliphatic carbocycles. The molecule has 0 unspecified atom stereocenters. The van der Waals surface area contributed by atoms with Crippen LogP contribution < -0.4 is 15.4 Å². The highest BCUT2D eigenvalue weighted by Crippen LogP contribution is 2.22. The first-order valence-corrected chi connectivity index (χ1v) is 7.98. The van der Waals surface area contributed by atoms with Crippen molar-refractivity contribution in [2.24, 2.45) is 0 Å². The highest BCUT2D eigenvalue weighted by molar-refractivity contribution is 9.10. The number of para-hydroxylation sites is 2. The Bertz CT molecular complexity index is 557. The normalized spacial score (nSPS) is 10.4. The number of ether oxygens (including phenoxy) is 1. The first kappa shape index (κ1) is 15.7. The van der Waals surface area contributed by atoms with Crippen molar-refractivity contribution in [3.8, 4) is 5.75 Å². The quantitative estimate of drug-likeness (QED) is 0.757. The van der Waals surface area contributed by atoms with Crippen LogP contribution in [0.5, 0.6) is 5.75 Å². The number of benzene rings is 2. The maximum atomic E-state index is 6.06. The van der Waals surface area contributed by atoms with Crippen LogP contribution >= 0.6 is 15.9 Å². The van der Waals surface area contributed by atoms with E-state index in [0.717, 1.165) is 41.1 Å². The van der Waals surface area contributed by atoms with Gasteiger partial charge >= 0.3 is 0 Å². The molecule has 2 N–H and O–H groups in total. The first-order chi connectivity index (χ1) is 10.2. The molecule has 21 heavy (non-hydrogen) atoms. The fraction of sp³-hybridized carbons (Fsp3) is 0.294. The summed E-state index contributed by atoms with van der Waals surface area (Å²) in [7, 11) is 0. The summed E-state index contributed by atoms with van der Waals surface area (Å²) >= 11 is 3.42. The summed E-state index contributed by atoms with van der Waals surface area (Å²) in [5, 5.41) is 0. The highest BCUT2D eigenvalue weighted by Gasteiger charge is 2.08. The Morgan fingerprint density at radius 1 is 1.05 bits per heavy atom. The summed E-state index contributed by atoms with van der Waals surface area (Å²) in [4.78, 5) is 2.27. The van der Waals surface area contributed by atoms with Gasteiger partial charge in [-0.1, -0.05) is 35.0 Å². The summed E-state index contributed by atoms with van der Waals surface area (Å²) < 4.78 is 6.85. The van der Waals surface area contributed by atoms with Gasteiger partial charge in [0.05, 0.1) is 17.9 Å². The molecule has 0 heterocycles. The third kappa shape index (κ3) is 4.67. The molecule has 2 rings (SSSR count). The molecule has 0 saturated heterocycles. The fourth-order valence-electron chi connectivity index (χ4n) is 2.20. The van der Waals surface area contributed by atoms with E-state index in [1.54, 1.807) is 0 Å². The average Bonchev–Trinajstić information content (AvgIpc) is 2.49. The van der Waals surface area contributed by atoms with Gasteiger partial charge in [-0.2, -0.15) is 0 Å². The largest absolute Gasteiger partial charge is 0.492 e. The zero-order valence-electron chi connectivity index (χ0n) is 12.3. The molecule has 112 valence electrons. The summed E-state index contributed by atoms with van der Waals surface area (Å²) in [6.45, 7) is 4.59. The van der Waals surface area contributed by atoms with Crippen molar-refractivity contribution in [1.82, 2.24) is 0 Å². The molecule has 3 nitrogen and oxygen atoms in total. The number of anilines is 2. The molecule has 0 bridgehead atoms. The number of nitrogens with zero attached hydrogens (tertiary/aromatic N) is 1. The monoisotopic (exact) mass is 348 g/mol. The van der Waals surface area contributed by atoms with Gasteiger partial charge in [-0.15, -0.1) is 0 Å². The van der Waals surface area contributed by atoms with Gasteiger partial charge in [0.2, 0.25) is 0 Å². The smallest absolute Gasteiger partial charge is 0.119 e. The van der Waals surface area contributed by atoms with Crippen LogP contribution in [0.2, 0.25) is 0 Å². The van der Waals surface area contributed by atoms with Crippen LogP contribution in [0.4, 0.5) is 11.4 Å². The minimum atomic E-state index is 0.635. The summed E-state index contributed by atoms with van der Waals surface area (Å²) in [5.41, 5.74) is 7.96. The van der Waals surface area contributed by atoms with E-state index in [1.165, 1.54) is 0 Å². The predicted octanol–water partition coefficient (Wildman–Crippen LogP) is 4.33. The van der Waals surface area contributed by atoms with Crippen molar-refractivity contribution in [2.45, 2.75) is 13.3 Å². The standard InChI is InChI=1S/C17H21BrN2O/c1-2-11-20(17-6-4-3-5-16(17)19)12-13-21-15-9-7-14(18)8-10-15/h3-10H,2,11-13,19H2,1H3. The van der Waals surface area contributed by atoms with Crippen LogP contribution in [0.1, 0.15) is 13.3 Å². The second kappa shape index (κ2) is 7.93. The number of hydrogen-bond donors (Lipinski definition) is 1. The zero-order chi connectivity index (χ0) is 15.1. The maximum absolute atomic E-state index is 6.06. The lowest BCUT2D eigenvalue weighted by molar-refractivity contribution is 0.323. The maximum Gasteiger partial charge on any atom is 0.119 e. The van der Waals surface area contributed by atoms with Gasteiger partial charge in [-0.25, -0.2) is 0 Å². The highest BCUT2D eigenvalue weighted by atomic mass is 79.9. The van der Waals surface area contributed by atoms with Crippen LogP contribution in [0.15, 0.2) is 53.0 Å². The Hall–Kier alpha value is -1.68. The number of halogens is 1. The van der Waals surface area contributed by atoms with E-state index in [-0.39, 0.29) is 0 Å². The van der Waals surface area contributed by atoms with Gasteiger partial charge in [-0.3, -0.25) is 0 Å². The molecule has 0 spiro atoms. The lowest BCUT2D eigenvalue weighted by atomic mass is 10.2. The van der Waals surface area contributed by atoms with Gasteiger partial charge < -0.3 is 15.4 Å². The van der Waals surface area contributed by atoms with Crippen LogP contribution in [0.3, 0.4) is 0 Å². The Morgan fingerprint density at radius 2 is 1.76 bits per heavy atom. The van der Waals surface area contributed by atoms with E-state index in [2.05, 4.69) is 33.8 Å². The van der Waals surface area contributed by atoms with Crippen molar-refractivity contribution in [3.63, 3.8) is 0 Å².